The molecule has 7 heteroatoms. The summed E-state index contributed by atoms with van der Waals surface area (Å²) in [5.41, 5.74) is -0.0768. The van der Waals surface area contributed by atoms with Gasteiger partial charge in [-0.15, -0.1) is 0 Å². The predicted octanol–water partition coefficient (Wildman–Crippen LogP) is 4.36. The summed E-state index contributed by atoms with van der Waals surface area (Å²) < 4.78 is 18.7. The van der Waals surface area contributed by atoms with Crippen molar-refractivity contribution in [3.63, 3.8) is 0 Å². The molecule has 1 rings (SSSR count). The monoisotopic (exact) mass is 347 g/mol. The van der Waals surface area contributed by atoms with Gasteiger partial charge in [0, 0.05) is 6.42 Å². The fraction of sp³-hybridized carbons (Fsp3) is 0.929. The van der Waals surface area contributed by atoms with Crippen LogP contribution in [0.25, 0.3) is 0 Å². The second kappa shape index (κ2) is 6.27. The summed E-state index contributed by atoms with van der Waals surface area (Å²) in [6.07, 6.45) is 0.834. The van der Waals surface area contributed by atoms with Gasteiger partial charge in [0.2, 0.25) is 0 Å². The summed E-state index contributed by atoms with van der Waals surface area (Å²) >= 11 is 0. The largest absolute Gasteiger partial charge is 0.478 e. The second-order valence-electron chi connectivity index (χ2n) is 8.67. The highest BCUT2D eigenvalue weighted by Gasteiger charge is 2.41. The summed E-state index contributed by atoms with van der Waals surface area (Å²) in [6, 6.07) is 0.927. The SMILES string of the molecule is CC1(C)COC(CC[Si](C)(O[Si](C)(C)C)O[Si](C)(C)C)=N1. The van der Waals surface area contributed by atoms with E-state index in [2.05, 4.69) is 64.7 Å². The molecular formula is C14H33NO3Si3. The van der Waals surface area contributed by atoms with Crippen molar-refractivity contribution in [1.29, 1.82) is 0 Å². The molecule has 0 fully saturated rings. The van der Waals surface area contributed by atoms with E-state index in [0.29, 0.717) is 6.61 Å². The lowest BCUT2D eigenvalue weighted by atomic mass is 10.1. The number of hydrogen-bond acceptors (Lipinski definition) is 4. The topological polar surface area (TPSA) is 40.0 Å². The van der Waals surface area contributed by atoms with Crippen LogP contribution >= 0.6 is 0 Å². The van der Waals surface area contributed by atoms with Crippen molar-refractivity contribution in [2.45, 2.75) is 77.7 Å². The number of ether oxygens (including phenoxy) is 1. The van der Waals surface area contributed by atoms with Crippen LogP contribution in [0, 0.1) is 0 Å². The summed E-state index contributed by atoms with van der Waals surface area (Å²) in [5, 5.41) is 0. The van der Waals surface area contributed by atoms with Gasteiger partial charge in [0.05, 0.1) is 5.54 Å². The van der Waals surface area contributed by atoms with Crippen molar-refractivity contribution >= 4 is 31.1 Å². The van der Waals surface area contributed by atoms with E-state index in [9.17, 15) is 0 Å². The molecule has 124 valence electrons. The minimum Gasteiger partial charge on any atom is -0.478 e. The highest BCUT2D eigenvalue weighted by Crippen LogP contribution is 2.27. The van der Waals surface area contributed by atoms with E-state index in [0.717, 1.165) is 18.4 Å². The van der Waals surface area contributed by atoms with E-state index >= 15 is 0 Å². The zero-order valence-corrected chi connectivity index (χ0v) is 18.3. The first-order valence-corrected chi connectivity index (χ1v) is 17.2. The number of aliphatic imine (C=N–C) groups is 1. The van der Waals surface area contributed by atoms with E-state index in [1.807, 2.05) is 0 Å². The van der Waals surface area contributed by atoms with E-state index in [4.69, 9.17) is 13.0 Å². The fourth-order valence-electron chi connectivity index (χ4n) is 2.54. The molecule has 0 N–H and O–H groups in total. The minimum absolute atomic E-state index is 0.0768. The van der Waals surface area contributed by atoms with Crippen molar-refractivity contribution < 1.29 is 13.0 Å². The molecule has 0 bridgehead atoms. The van der Waals surface area contributed by atoms with Crippen molar-refractivity contribution in [1.82, 2.24) is 0 Å². The van der Waals surface area contributed by atoms with Crippen LogP contribution in [0.15, 0.2) is 4.99 Å². The Balaban J connectivity index is 2.74. The molecule has 0 spiro atoms. The molecule has 0 radical (unpaired) electrons. The highest BCUT2D eigenvalue weighted by molar-refractivity contribution is 6.87. The maximum absolute atomic E-state index is 6.49. The summed E-state index contributed by atoms with van der Waals surface area (Å²) in [7, 11) is -5.41. The first-order chi connectivity index (χ1) is 9.20. The van der Waals surface area contributed by atoms with Gasteiger partial charge in [-0.1, -0.05) is 0 Å². The van der Waals surface area contributed by atoms with Gasteiger partial charge in [0.1, 0.15) is 6.61 Å². The van der Waals surface area contributed by atoms with Gasteiger partial charge in [0.25, 0.3) is 0 Å². The van der Waals surface area contributed by atoms with Crippen LogP contribution < -0.4 is 0 Å². The third kappa shape index (κ3) is 7.73. The first-order valence-electron chi connectivity index (χ1n) is 7.82. The molecule has 0 aromatic carbocycles. The molecule has 21 heavy (non-hydrogen) atoms. The Hall–Kier alpha value is 0.0406. The van der Waals surface area contributed by atoms with Gasteiger partial charge in [-0.05, 0) is 65.7 Å². The lowest BCUT2D eigenvalue weighted by Gasteiger charge is -2.38. The Bertz CT molecular complexity index is 381. The minimum atomic E-state index is -2.17. The van der Waals surface area contributed by atoms with Crippen LogP contribution in [-0.4, -0.2) is 43.2 Å². The molecule has 0 saturated heterocycles. The molecule has 1 aliphatic heterocycles. The third-order valence-electron chi connectivity index (χ3n) is 2.86. The number of rotatable bonds is 7. The van der Waals surface area contributed by atoms with Crippen molar-refractivity contribution in [2.24, 2.45) is 4.99 Å². The maximum atomic E-state index is 6.49. The van der Waals surface area contributed by atoms with Crippen molar-refractivity contribution in [3.8, 4) is 0 Å². The summed E-state index contributed by atoms with van der Waals surface area (Å²) in [4.78, 5) is 4.64. The van der Waals surface area contributed by atoms with Gasteiger partial charge >= 0.3 is 8.56 Å². The lowest BCUT2D eigenvalue weighted by Crippen LogP contribution is -2.52. The Morgan fingerprint density at radius 2 is 1.48 bits per heavy atom. The Morgan fingerprint density at radius 1 is 1.00 bits per heavy atom. The standard InChI is InChI=1S/C14H33NO3Si3/c1-14(2)12-16-13(15-14)10-11-21(9,17-19(3,4)5)18-20(6,7)8/h10-12H2,1-9H3. The lowest BCUT2D eigenvalue weighted by molar-refractivity contribution is 0.273. The van der Waals surface area contributed by atoms with Crippen LogP contribution in [-0.2, 0) is 13.0 Å². The molecule has 4 nitrogen and oxygen atoms in total. The van der Waals surface area contributed by atoms with Crippen LogP contribution in [0.2, 0.25) is 51.9 Å². The average Bonchev–Trinajstić information content (AvgIpc) is 2.49. The third-order valence-corrected chi connectivity index (χ3v) is 12.4. The average molecular weight is 348 g/mol. The van der Waals surface area contributed by atoms with E-state index in [1.165, 1.54) is 0 Å². The molecule has 0 unspecified atom stereocenters. The maximum Gasteiger partial charge on any atom is 0.314 e. The van der Waals surface area contributed by atoms with Crippen molar-refractivity contribution in [2.75, 3.05) is 6.61 Å². The molecule has 0 aromatic heterocycles. The van der Waals surface area contributed by atoms with Gasteiger partial charge in [-0.25, -0.2) is 4.99 Å². The zero-order valence-electron chi connectivity index (χ0n) is 15.3. The van der Waals surface area contributed by atoms with E-state index in [-0.39, 0.29) is 5.54 Å². The van der Waals surface area contributed by atoms with Gasteiger partial charge in [-0.2, -0.15) is 0 Å². The fourth-order valence-corrected chi connectivity index (χ4v) is 14.9. The molecule has 0 amide bonds. The van der Waals surface area contributed by atoms with Crippen LogP contribution in [0.5, 0.6) is 0 Å². The Morgan fingerprint density at radius 3 is 1.81 bits per heavy atom. The molecule has 0 aliphatic carbocycles. The predicted molar refractivity (Wildman–Crippen MR) is 97.4 cm³/mol. The smallest absolute Gasteiger partial charge is 0.314 e. The van der Waals surface area contributed by atoms with Gasteiger partial charge < -0.3 is 13.0 Å². The van der Waals surface area contributed by atoms with Crippen LogP contribution in [0.3, 0.4) is 0 Å². The normalized spacial score (nSPS) is 19.4. The Labute approximate surface area is 133 Å². The van der Waals surface area contributed by atoms with Gasteiger partial charge in [0.15, 0.2) is 22.5 Å². The Kier molecular flexibility index (Phi) is 5.70. The quantitative estimate of drug-likeness (QED) is 0.642. The van der Waals surface area contributed by atoms with Crippen molar-refractivity contribution in [3.05, 3.63) is 0 Å². The summed E-state index contributed by atoms with van der Waals surface area (Å²) in [6.45, 7) is 20.5. The number of hydrogen-bond donors (Lipinski definition) is 0. The molecule has 0 atom stereocenters. The molecule has 1 heterocycles. The van der Waals surface area contributed by atoms with Gasteiger partial charge in [-0.3, -0.25) is 0 Å². The van der Waals surface area contributed by atoms with Crippen LogP contribution in [0.1, 0.15) is 20.3 Å². The molecule has 0 aromatic rings. The molecule has 1 aliphatic rings. The highest BCUT2D eigenvalue weighted by atomic mass is 28.5. The first kappa shape index (κ1) is 19.1. The zero-order chi connectivity index (χ0) is 16.5. The van der Waals surface area contributed by atoms with Crippen LogP contribution in [0.4, 0.5) is 0 Å². The molecule has 0 saturated carbocycles. The summed E-state index contributed by atoms with van der Waals surface area (Å²) in [5.74, 6) is 0.872. The van der Waals surface area contributed by atoms with E-state index in [1.54, 1.807) is 0 Å². The van der Waals surface area contributed by atoms with E-state index < -0.39 is 25.2 Å². The number of nitrogens with zero attached hydrogens (tertiary/aromatic N) is 1. The molecular weight excluding hydrogens is 314 g/mol. The second-order valence-corrected chi connectivity index (χ2v) is 21.5.